The fourth-order valence-electron chi connectivity index (χ4n) is 2.55. The van der Waals surface area contributed by atoms with E-state index in [4.69, 9.17) is 4.74 Å². The number of rotatable bonds is 8. The topological polar surface area (TPSA) is 67.4 Å². The molecule has 2 amide bonds. The van der Waals surface area contributed by atoms with Crippen LogP contribution in [0.25, 0.3) is 0 Å². The molecule has 2 rings (SSSR count). The van der Waals surface area contributed by atoms with Crippen molar-refractivity contribution in [2.75, 3.05) is 13.1 Å². The van der Waals surface area contributed by atoms with Crippen LogP contribution in [-0.4, -0.2) is 31.0 Å². The van der Waals surface area contributed by atoms with Gasteiger partial charge in [-0.3, -0.25) is 9.59 Å². The third-order valence-electron chi connectivity index (χ3n) is 4.04. The van der Waals surface area contributed by atoms with Crippen LogP contribution >= 0.6 is 15.9 Å². The first-order valence-electron chi connectivity index (χ1n) is 8.96. The van der Waals surface area contributed by atoms with Crippen LogP contribution in [0.5, 0.6) is 5.75 Å². The summed E-state index contributed by atoms with van der Waals surface area (Å²) >= 11 is 3.35. The second kappa shape index (κ2) is 10.1. The fourth-order valence-corrected chi connectivity index (χ4v) is 3.02. The van der Waals surface area contributed by atoms with E-state index in [0.29, 0.717) is 24.6 Å². The SMILES string of the molecule is CC(Oc1ccccc1C(C)C)C(=O)NCCNC(=O)c1ccccc1Br. The highest BCUT2D eigenvalue weighted by Crippen LogP contribution is 2.26. The lowest BCUT2D eigenvalue weighted by molar-refractivity contribution is -0.127. The van der Waals surface area contributed by atoms with Gasteiger partial charge in [0, 0.05) is 17.6 Å². The fraction of sp³-hybridized carbons (Fsp3) is 0.333. The van der Waals surface area contributed by atoms with Crippen LogP contribution in [0.1, 0.15) is 42.6 Å². The smallest absolute Gasteiger partial charge is 0.260 e. The van der Waals surface area contributed by atoms with Crippen molar-refractivity contribution < 1.29 is 14.3 Å². The Morgan fingerprint density at radius 3 is 2.30 bits per heavy atom. The lowest BCUT2D eigenvalue weighted by Gasteiger charge is -2.18. The zero-order valence-electron chi connectivity index (χ0n) is 15.8. The number of ether oxygens (including phenoxy) is 1. The largest absolute Gasteiger partial charge is 0.481 e. The van der Waals surface area contributed by atoms with Gasteiger partial charge in [0.25, 0.3) is 11.8 Å². The molecule has 5 nitrogen and oxygen atoms in total. The monoisotopic (exact) mass is 432 g/mol. The third kappa shape index (κ3) is 6.10. The lowest BCUT2D eigenvalue weighted by Crippen LogP contribution is -2.40. The molecule has 1 atom stereocenters. The van der Waals surface area contributed by atoms with Crippen molar-refractivity contribution >= 4 is 27.7 Å². The molecule has 0 aliphatic heterocycles. The second-order valence-electron chi connectivity index (χ2n) is 6.48. The maximum Gasteiger partial charge on any atom is 0.260 e. The zero-order chi connectivity index (χ0) is 19.8. The summed E-state index contributed by atoms with van der Waals surface area (Å²) in [4.78, 5) is 24.3. The summed E-state index contributed by atoms with van der Waals surface area (Å²) in [5.41, 5.74) is 1.63. The molecular weight excluding hydrogens is 408 g/mol. The van der Waals surface area contributed by atoms with Gasteiger partial charge in [0.15, 0.2) is 6.10 Å². The van der Waals surface area contributed by atoms with Gasteiger partial charge in [0.1, 0.15) is 5.75 Å². The summed E-state index contributed by atoms with van der Waals surface area (Å²) in [5, 5.41) is 5.57. The maximum absolute atomic E-state index is 12.2. The van der Waals surface area contributed by atoms with Crippen LogP contribution < -0.4 is 15.4 Å². The highest BCUT2D eigenvalue weighted by Gasteiger charge is 2.17. The Bertz CT molecular complexity index is 793. The van der Waals surface area contributed by atoms with E-state index in [-0.39, 0.29) is 11.8 Å². The summed E-state index contributed by atoms with van der Waals surface area (Å²) in [6, 6.07) is 14.9. The number of nitrogens with one attached hydrogen (secondary N) is 2. The van der Waals surface area contributed by atoms with Gasteiger partial charge in [0.2, 0.25) is 0 Å². The van der Waals surface area contributed by atoms with Gasteiger partial charge < -0.3 is 15.4 Å². The van der Waals surface area contributed by atoms with E-state index in [1.807, 2.05) is 36.4 Å². The van der Waals surface area contributed by atoms with Crippen LogP contribution in [0.3, 0.4) is 0 Å². The van der Waals surface area contributed by atoms with E-state index in [1.54, 1.807) is 19.1 Å². The minimum Gasteiger partial charge on any atom is -0.481 e. The number of benzene rings is 2. The molecule has 2 N–H and O–H groups in total. The number of hydrogen-bond acceptors (Lipinski definition) is 3. The summed E-state index contributed by atoms with van der Waals surface area (Å²) < 4.78 is 6.56. The Morgan fingerprint density at radius 2 is 1.59 bits per heavy atom. The van der Waals surface area contributed by atoms with Crippen molar-refractivity contribution in [3.8, 4) is 5.75 Å². The highest BCUT2D eigenvalue weighted by atomic mass is 79.9. The minimum absolute atomic E-state index is 0.188. The summed E-state index contributed by atoms with van der Waals surface area (Å²) in [6.07, 6.45) is -0.621. The van der Waals surface area contributed by atoms with Crippen molar-refractivity contribution in [3.05, 3.63) is 64.1 Å². The molecule has 0 spiro atoms. The van der Waals surface area contributed by atoms with Crippen molar-refractivity contribution in [2.45, 2.75) is 32.8 Å². The Morgan fingerprint density at radius 1 is 0.963 bits per heavy atom. The average molecular weight is 433 g/mol. The van der Waals surface area contributed by atoms with Gasteiger partial charge in [0.05, 0.1) is 5.56 Å². The molecule has 0 saturated carbocycles. The average Bonchev–Trinajstić information content (AvgIpc) is 2.65. The van der Waals surface area contributed by atoms with E-state index in [0.717, 1.165) is 15.8 Å². The van der Waals surface area contributed by atoms with Crippen LogP contribution in [0.2, 0.25) is 0 Å². The number of carbonyl (C=O) groups excluding carboxylic acids is 2. The van der Waals surface area contributed by atoms with Gasteiger partial charge in [-0.1, -0.05) is 44.2 Å². The standard InChI is InChI=1S/C21H25BrN2O3/c1-14(2)16-8-5-7-11-19(16)27-15(3)20(25)23-12-13-24-21(26)17-9-4-6-10-18(17)22/h4-11,14-15H,12-13H2,1-3H3,(H,23,25)(H,24,26). The van der Waals surface area contributed by atoms with E-state index < -0.39 is 6.10 Å². The normalized spacial score (nSPS) is 11.7. The summed E-state index contributed by atoms with van der Waals surface area (Å²) in [5.74, 6) is 0.622. The zero-order valence-corrected chi connectivity index (χ0v) is 17.4. The molecule has 0 heterocycles. The van der Waals surface area contributed by atoms with Gasteiger partial charge in [-0.2, -0.15) is 0 Å². The molecule has 2 aromatic rings. The van der Waals surface area contributed by atoms with Crippen molar-refractivity contribution in [1.29, 1.82) is 0 Å². The third-order valence-corrected chi connectivity index (χ3v) is 4.73. The molecule has 0 aliphatic carbocycles. The molecule has 0 bridgehead atoms. The molecule has 0 aromatic heterocycles. The highest BCUT2D eigenvalue weighted by molar-refractivity contribution is 9.10. The molecule has 6 heteroatoms. The summed E-state index contributed by atoms with van der Waals surface area (Å²) in [6.45, 7) is 6.54. The second-order valence-corrected chi connectivity index (χ2v) is 7.33. The van der Waals surface area contributed by atoms with Gasteiger partial charge in [-0.05, 0) is 52.5 Å². The molecule has 0 aliphatic rings. The molecule has 144 valence electrons. The van der Waals surface area contributed by atoms with Crippen molar-refractivity contribution in [1.82, 2.24) is 10.6 Å². The van der Waals surface area contributed by atoms with Crippen LogP contribution in [0.15, 0.2) is 53.0 Å². The van der Waals surface area contributed by atoms with Gasteiger partial charge in [-0.15, -0.1) is 0 Å². The Labute approximate surface area is 168 Å². The molecule has 1 unspecified atom stereocenters. The quantitative estimate of drug-likeness (QED) is 0.621. The van der Waals surface area contributed by atoms with E-state index in [9.17, 15) is 9.59 Å². The van der Waals surface area contributed by atoms with E-state index in [2.05, 4.69) is 40.4 Å². The number of halogens is 1. The number of carbonyl (C=O) groups is 2. The van der Waals surface area contributed by atoms with E-state index >= 15 is 0 Å². The van der Waals surface area contributed by atoms with Crippen LogP contribution in [0, 0.1) is 0 Å². The minimum atomic E-state index is -0.621. The van der Waals surface area contributed by atoms with E-state index in [1.165, 1.54) is 0 Å². The van der Waals surface area contributed by atoms with Crippen molar-refractivity contribution in [2.24, 2.45) is 0 Å². The Hall–Kier alpha value is -2.34. The molecule has 0 fully saturated rings. The molecule has 2 aromatic carbocycles. The van der Waals surface area contributed by atoms with Crippen molar-refractivity contribution in [3.63, 3.8) is 0 Å². The first kappa shape index (κ1) is 21.0. The number of hydrogen-bond donors (Lipinski definition) is 2. The predicted molar refractivity (Wildman–Crippen MR) is 110 cm³/mol. The number of para-hydroxylation sites is 1. The first-order valence-corrected chi connectivity index (χ1v) is 9.75. The molecule has 0 radical (unpaired) electrons. The maximum atomic E-state index is 12.2. The Kier molecular flexibility index (Phi) is 7.85. The molecule has 27 heavy (non-hydrogen) atoms. The molecular formula is C21H25BrN2O3. The summed E-state index contributed by atoms with van der Waals surface area (Å²) in [7, 11) is 0. The Balaban J connectivity index is 1.79. The molecule has 0 saturated heterocycles. The number of amides is 2. The van der Waals surface area contributed by atoms with Crippen LogP contribution in [-0.2, 0) is 4.79 Å². The first-order chi connectivity index (χ1) is 12.9. The predicted octanol–water partition coefficient (Wildman–Crippen LogP) is 3.89. The van der Waals surface area contributed by atoms with Gasteiger partial charge in [-0.25, -0.2) is 0 Å². The lowest BCUT2D eigenvalue weighted by atomic mass is 10.0. The van der Waals surface area contributed by atoms with Gasteiger partial charge >= 0.3 is 0 Å². The van der Waals surface area contributed by atoms with Crippen LogP contribution in [0.4, 0.5) is 0 Å².